The Hall–Kier alpha value is -0.980. The number of hydrogen-bond donors (Lipinski definition) is 1. The summed E-state index contributed by atoms with van der Waals surface area (Å²) < 4.78 is 0. The standard InChI is InChI=1S/C16H21N/c17-15-3-1-2-14(7-15)16-8-11-4-12(9-16)6-13(5-11)10-16/h1-3,7,11-13H,4-6,8-10,17H2. The van der Waals surface area contributed by atoms with Gasteiger partial charge in [0, 0.05) is 5.69 Å². The highest BCUT2D eigenvalue weighted by molar-refractivity contribution is 5.44. The third-order valence-electron chi connectivity index (χ3n) is 5.54. The summed E-state index contributed by atoms with van der Waals surface area (Å²) in [6, 6.07) is 8.73. The number of rotatable bonds is 1. The van der Waals surface area contributed by atoms with Crippen molar-refractivity contribution in [3.05, 3.63) is 29.8 Å². The van der Waals surface area contributed by atoms with Gasteiger partial charge in [-0.15, -0.1) is 0 Å². The molecule has 17 heavy (non-hydrogen) atoms. The van der Waals surface area contributed by atoms with Gasteiger partial charge in [-0.2, -0.15) is 0 Å². The van der Waals surface area contributed by atoms with Crippen LogP contribution in [0, 0.1) is 17.8 Å². The normalized spacial score (nSPS) is 42.9. The smallest absolute Gasteiger partial charge is 0.0316 e. The summed E-state index contributed by atoms with van der Waals surface area (Å²) in [5, 5.41) is 0. The molecular weight excluding hydrogens is 206 g/mol. The van der Waals surface area contributed by atoms with E-state index in [-0.39, 0.29) is 0 Å². The minimum absolute atomic E-state index is 0.504. The Morgan fingerprint density at radius 2 is 1.53 bits per heavy atom. The van der Waals surface area contributed by atoms with Crippen LogP contribution in [-0.2, 0) is 5.41 Å². The maximum Gasteiger partial charge on any atom is 0.0316 e. The van der Waals surface area contributed by atoms with Crippen LogP contribution in [-0.4, -0.2) is 0 Å². The monoisotopic (exact) mass is 227 g/mol. The molecule has 0 amide bonds. The predicted molar refractivity (Wildman–Crippen MR) is 70.7 cm³/mol. The lowest BCUT2D eigenvalue weighted by atomic mass is 9.48. The molecule has 4 aliphatic carbocycles. The molecule has 0 unspecified atom stereocenters. The minimum Gasteiger partial charge on any atom is -0.399 e. The molecule has 0 aromatic heterocycles. The summed E-state index contributed by atoms with van der Waals surface area (Å²) in [6.45, 7) is 0. The second-order valence-corrected chi connectivity index (χ2v) is 6.82. The average molecular weight is 227 g/mol. The molecule has 0 radical (unpaired) electrons. The Bertz CT molecular complexity index is 413. The van der Waals surface area contributed by atoms with Crippen LogP contribution in [0.3, 0.4) is 0 Å². The second-order valence-electron chi connectivity index (χ2n) is 6.82. The van der Waals surface area contributed by atoms with Crippen molar-refractivity contribution in [1.82, 2.24) is 0 Å². The van der Waals surface area contributed by atoms with E-state index < -0.39 is 0 Å². The molecule has 5 rings (SSSR count). The van der Waals surface area contributed by atoms with Crippen LogP contribution in [0.25, 0.3) is 0 Å². The molecule has 4 saturated carbocycles. The van der Waals surface area contributed by atoms with Gasteiger partial charge < -0.3 is 5.73 Å². The van der Waals surface area contributed by atoms with Crippen LogP contribution in [0.5, 0.6) is 0 Å². The van der Waals surface area contributed by atoms with Gasteiger partial charge in [0.15, 0.2) is 0 Å². The van der Waals surface area contributed by atoms with E-state index in [0.717, 1.165) is 23.4 Å². The van der Waals surface area contributed by atoms with Crippen LogP contribution in [0.2, 0.25) is 0 Å². The molecule has 1 aromatic carbocycles. The van der Waals surface area contributed by atoms with Gasteiger partial charge in [-0.25, -0.2) is 0 Å². The van der Waals surface area contributed by atoms with Crippen molar-refractivity contribution in [3.8, 4) is 0 Å². The fourth-order valence-electron chi connectivity index (χ4n) is 5.33. The fraction of sp³-hybridized carbons (Fsp3) is 0.625. The third-order valence-corrected chi connectivity index (χ3v) is 5.54. The van der Waals surface area contributed by atoms with Crippen molar-refractivity contribution in [1.29, 1.82) is 0 Å². The average Bonchev–Trinajstić information content (AvgIpc) is 2.27. The fourth-order valence-corrected chi connectivity index (χ4v) is 5.33. The van der Waals surface area contributed by atoms with Crippen LogP contribution in [0.15, 0.2) is 24.3 Å². The number of nitrogen functional groups attached to an aromatic ring is 1. The summed E-state index contributed by atoms with van der Waals surface area (Å²) in [6.07, 6.45) is 8.85. The van der Waals surface area contributed by atoms with Gasteiger partial charge in [0.2, 0.25) is 0 Å². The Morgan fingerprint density at radius 3 is 2.06 bits per heavy atom. The molecule has 4 fully saturated rings. The molecule has 4 aliphatic rings. The lowest BCUT2D eigenvalue weighted by Crippen LogP contribution is -2.48. The number of benzene rings is 1. The van der Waals surface area contributed by atoms with Crippen molar-refractivity contribution in [3.63, 3.8) is 0 Å². The topological polar surface area (TPSA) is 26.0 Å². The van der Waals surface area contributed by atoms with E-state index >= 15 is 0 Å². The zero-order valence-corrected chi connectivity index (χ0v) is 10.4. The van der Waals surface area contributed by atoms with Crippen LogP contribution < -0.4 is 5.73 Å². The van der Waals surface area contributed by atoms with Crippen LogP contribution in [0.4, 0.5) is 5.69 Å². The molecule has 1 aromatic rings. The number of anilines is 1. The molecule has 4 bridgehead atoms. The van der Waals surface area contributed by atoms with E-state index in [1.165, 1.54) is 44.1 Å². The van der Waals surface area contributed by atoms with Crippen LogP contribution in [0.1, 0.15) is 44.1 Å². The molecule has 1 heteroatoms. The Labute approximate surface area is 103 Å². The van der Waals surface area contributed by atoms with Gasteiger partial charge >= 0.3 is 0 Å². The summed E-state index contributed by atoms with van der Waals surface area (Å²) in [5.74, 6) is 3.05. The molecule has 0 aliphatic heterocycles. The van der Waals surface area contributed by atoms with Crippen molar-refractivity contribution in [2.75, 3.05) is 5.73 Å². The molecule has 0 saturated heterocycles. The molecule has 0 atom stereocenters. The summed E-state index contributed by atoms with van der Waals surface area (Å²) in [4.78, 5) is 0. The maximum absolute atomic E-state index is 5.98. The highest BCUT2D eigenvalue weighted by Gasteiger charge is 2.51. The summed E-state index contributed by atoms with van der Waals surface area (Å²) in [7, 11) is 0. The molecular formula is C16H21N. The summed E-state index contributed by atoms with van der Waals surface area (Å²) >= 11 is 0. The molecule has 1 nitrogen and oxygen atoms in total. The number of hydrogen-bond acceptors (Lipinski definition) is 1. The summed E-state index contributed by atoms with van der Waals surface area (Å²) in [5.41, 5.74) is 8.96. The molecule has 0 heterocycles. The Kier molecular flexibility index (Phi) is 1.93. The van der Waals surface area contributed by atoms with E-state index in [9.17, 15) is 0 Å². The lowest BCUT2D eigenvalue weighted by Gasteiger charge is -2.57. The van der Waals surface area contributed by atoms with Crippen molar-refractivity contribution >= 4 is 5.69 Å². The third kappa shape index (κ3) is 1.44. The SMILES string of the molecule is Nc1cccc(C23CC4CC(CC(C4)C2)C3)c1. The van der Waals surface area contributed by atoms with Gasteiger partial charge in [0.1, 0.15) is 0 Å². The maximum atomic E-state index is 5.98. The van der Waals surface area contributed by atoms with Gasteiger partial charge in [-0.3, -0.25) is 0 Å². The van der Waals surface area contributed by atoms with E-state index in [4.69, 9.17) is 5.73 Å². The van der Waals surface area contributed by atoms with E-state index in [1.54, 1.807) is 0 Å². The highest BCUT2D eigenvalue weighted by atomic mass is 14.6. The minimum atomic E-state index is 0.504. The number of nitrogens with two attached hydrogens (primary N) is 1. The largest absolute Gasteiger partial charge is 0.399 e. The highest BCUT2D eigenvalue weighted by Crippen LogP contribution is 2.60. The molecule has 90 valence electrons. The van der Waals surface area contributed by atoms with E-state index in [1.807, 2.05) is 6.07 Å². The first-order chi connectivity index (χ1) is 8.23. The predicted octanol–water partition coefficient (Wildman–Crippen LogP) is 3.74. The zero-order valence-electron chi connectivity index (χ0n) is 10.4. The lowest BCUT2D eigenvalue weighted by molar-refractivity contribution is -0.00516. The first-order valence-corrected chi connectivity index (χ1v) is 7.09. The van der Waals surface area contributed by atoms with Gasteiger partial charge in [-0.1, -0.05) is 12.1 Å². The second kappa shape index (κ2) is 3.28. The van der Waals surface area contributed by atoms with Crippen molar-refractivity contribution in [2.45, 2.75) is 43.9 Å². The molecule has 2 N–H and O–H groups in total. The quantitative estimate of drug-likeness (QED) is 0.727. The molecule has 0 spiro atoms. The van der Waals surface area contributed by atoms with Crippen LogP contribution >= 0.6 is 0 Å². The first-order valence-electron chi connectivity index (χ1n) is 7.09. The van der Waals surface area contributed by atoms with Gasteiger partial charge in [0.25, 0.3) is 0 Å². The van der Waals surface area contributed by atoms with Crippen molar-refractivity contribution in [2.24, 2.45) is 17.8 Å². The van der Waals surface area contributed by atoms with E-state index in [2.05, 4.69) is 18.2 Å². The zero-order chi connectivity index (χ0) is 11.5. The first kappa shape index (κ1) is 9.99. The van der Waals surface area contributed by atoms with Crippen molar-refractivity contribution < 1.29 is 0 Å². The van der Waals surface area contributed by atoms with Gasteiger partial charge in [0.05, 0.1) is 0 Å². The Balaban J connectivity index is 1.77. The van der Waals surface area contributed by atoms with E-state index in [0.29, 0.717) is 5.41 Å². The Morgan fingerprint density at radius 1 is 0.941 bits per heavy atom. The van der Waals surface area contributed by atoms with Gasteiger partial charge in [-0.05, 0) is 79.4 Å².